The lowest BCUT2D eigenvalue weighted by Gasteiger charge is -2.26. The van der Waals surface area contributed by atoms with Crippen LogP contribution < -0.4 is 10.2 Å². The smallest absolute Gasteiger partial charge is 0.337 e. The third-order valence-corrected chi connectivity index (χ3v) is 5.34. The lowest BCUT2D eigenvalue weighted by Crippen LogP contribution is -2.54. The largest absolute Gasteiger partial charge is 0.465 e. The van der Waals surface area contributed by atoms with Crippen molar-refractivity contribution in [3.63, 3.8) is 0 Å². The molecule has 0 saturated carbocycles. The van der Waals surface area contributed by atoms with Crippen LogP contribution in [0.5, 0.6) is 0 Å². The molecule has 4 rings (SSSR count). The van der Waals surface area contributed by atoms with Crippen LogP contribution in [-0.2, 0) is 14.3 Å². The fraction of sp³-hybridized carbons (Fsp3) is 0.125. The average Bonchev–Trinajstić information content (AvgIpc) is 3.09. The predicted octanol–water partition coefficient (Wildman–Crippen LogP) is 2.94. The lowest BCUT2D eigenvalue weighted by molar-refractivity contribution is -0.122. The van der Waals surface area contributed by atoms with Crippen LogP contribution in [0.4, 0.5) is 10.5 Å². The lowest BCUT2D eigenvalue weighted by atomic mass is 10.1. The minimum absolute atomic E-state index is 0.160. The minimum atomic E-state index is -0.815. The molecule has 33 heavy (non-hydrogen) atoms. The Labute approximate surface area is 189 Å². The molecule has 4 amide bonds. The van der Waals surface area contributed by atoms with Gasteiger partial charge in [0.1, 0.15) is 5.57 Å². The summed E-state index contributed by atoms with van der Waals surface area (Å²) in [4.78, 5) is 54.3. The van der Waals surface area contributed by atoms with Crippen LogP contribution in [0.25, 0.3) is 11.8 Å². The van der Waals surface area contributed by atoms with E-state index in [-0.39, 0.29) is 5.57 Å². The normalized spacial score (nSPS) is 15.1. The number of urea groups is 1. The van der Waals surface area contributed by atoms with Crippen LogP contribution in [0.2, 0.25) is 0 Å². The summed E-state index contributed by atoms with van der Waals surface area (Å²) in [6, 6.07) is 10.9. The number of aryl methyl sites for hydroxylation is 1. The molecule has 1 fully saturated rings. The van der Waals surface area contributed by atoms with Crippen LogP contribution >= 0.6 is 0 Å². The van der Waals surface area contributed by atoms with Gasteiger partial charge in [-0.1, -0.05) is 0 Å². The van der Waals surface area contributed by atoms with Gasteiger partial charge in [-0.05, 0) is 68.0 Å². The van der Waals surface area contributed by atoms with Gasteiger partial charge in [0, 0.05) is 29.5 Å². The Morgan fingerprint density at radius 3 is 2.30 bits per heavy atom. The van der Waals surface area contributed by atoms with Gasteiger partial charge in [0.15, 0.2) is 0 Å². The van der Waals surface area contributed by atoms with E-state index in [0.717, 1.165) is 22.0 Å². The zero-order chi connectivity index (χ0) is 23.7. The molecule has 1 aromatic carbocycles. The number of ether oxygens (including phenoxy) is 1. The van der Waals surface area contributed by atoms with Crippen molar-refractivity contribution in [3.8, 4) is 5.69 Å². The monoisotopic (exact) mass is 444 g/mol. The number of benzene rings is 1. The van der Waals surface area contributed by atoms with Gasteiger partial charge in [-0.2, -0.15) is 0 Å². The summed E-state index contributed by atoms with van der Waals surface area (Å²) in [7, 11) is 1.32. The van der Waals surface area contributed by atoms with E-state index in [2.05, 4.69) is 10.3 Å². The standard InChI is InChI=1S/C24H20N4O5/c1-14-12-17(15(2)27(14)18-6-4-16(5-7-18)23(31)33-3)13-20-21(29)26-24(32)28(22(20)30)19-8-10-25-11-9-19/h4-13H,1-3H3,(H,26,29,32)/b20-13+. The number of rotatable bonds is 4. The average molecular weight is 444 g/mol. The molecule has 3 aromatic rings. The second-order valence-electron chi connectivity index (χ2n) is 7.36. The van der Waals surface area contributed by atoms with Crippen LogP contribution in [0.3, 0.4) is 0 Å². The van der Waals surface area contributed by atoms with Crippen molar-refractivity contribution in [1.82, 2.24) is 14.9 Å². The van der Waals surface area contributed by atoms with Crippen molar-refractivity contribution < 1.29 is 23.9 Å². The van der Waals surface area contributed by atoms with Gasteiger partial charge in [-0.3, -0.25) is 19.9 Å². The van der Waals surface area contributed by atoms with E-state index in [1.165, 1.54) is 37.7 Å². The number of barbiturate groups is 1. The fourth-order valence-corrected chi connectivity index (χ4v) is 3.74. The maximum atomic E-state index is 13.1. The van der Waals surface area contributed by atoms with E-state index in [4.69, 9.17) is 4.74 Å². The summed E-state index contributed by atoms with van der Waals surface area (Å²) in [6.07, 6.45) is 4.38. The topological polar surface area (TPSA) is 111 Å². The Morgan fingerprint density at radius 2 is 1.67 bits per heavy atom. The molecular formula is C24H20N4O5. The summed E-state index contributed by atoms with van der Waals surface area (Å²) in [5, 5.41) is 2.21. The molecule has 1 aliphatic rings. The van der Waals surface area contributed by atoms with Crippen LogP contribution in [-0.4, -0.2) is 40.5 Å². The molecule has 1 saturated heterocycles. The van der Waals surface area contributed by atoms with Crippen molar-refractivity contribution in [3.05, 3.63) is 82.9 Å². The van der Waals surface area contributed by atoms with Gasteiger partial charge in [-0.25, -0.2) is 14.5 Å². The third kappa shape index (κ3) is 3.91. The molecule has 0 unspecified atom stereocenters. The summed E-state index contributed by atoms with van der Waals surface area (Å²) in [5.41, 5.74) is 3.66. The summed E-state index contributed by atoms with van der Waals surface area (Å²) < 4.78 is 6.67. The van der Waals surface area contributed by atoms with Crippen LogP contribution in [0.15, 0.2) is 60.4 Å². The molecule has 1 aliphatic heterocycles. The Bertz CT molecular complexity index is 1310. The van der Waals surface area contributed by atoms with Gasteiger partial charge in [0.2, 0.25) is 0 Å². The second-order valence-corrected chi connectivity index (χ2v) is 7.36. The van der Waals surface area contributed by atoms with E-state index in [1.54, 1.807) is 24.3 Å². The molecule has 1 N–H and O–H groups in total. The third-order valence-electron chi connectivity index (χ3n) is 5.34. The highest BCUT2D eigenvalue weighted by Gasteiger charge is 2.37. The SMILES string of the molecule is COC(=O)c1ccc(-n2c(C)cc(/C=C3\C(=O)NC(=O)N(c4ccncc4)C3=O)c2C)cc1. The first-order valence-corrected chi connectivity index (χ1v) is 10.0. The van der Waals surface area contributed by atoms with E-state index in [9.17, 15) is 19.2 Å². The quantitative estimate of drug-likeness (QED) is 0.376. The molecule has 0 radical (unpaired) electrons. The van der Waals surface area contributed by atoms with E-state index in [1.807, 2.05) is 24.5 Å². The first kappa shape index (κ1) is 21.7. The number of aromatic nitrogens is 2. The maximum Gasteiger partial charge on any atom is 0.337 e. The molecule has 0 aliphatic carbocycles. The number of carbonyl (C=O) groups excluding carboxylic acids is 4. The fourth-order valence-electron chi connectivity index (χ4n) is 3.74. The highest BCUT2D eigenvalue weighted by molar-refractivity contribution is 6.39. The molecule has 166 valence electrons. The van der Waals surface area contributed by atoms with Gasteiger partial charge in [0.25, 0.3) is 11.8 Å². The van der Waals surface area contributed by atoms with E-state index in [0.29, 0.717) is 16.8 Å². The van der Waals surface area contributed by atoms with Crippen molar-refractivity contribution in [1.29, 1.82) is 0 Å². The van der Waals surface area contributed by atoms with Crippen LogP contribution in [0, 0.1) is 13.8 Å². The summed E-state index contributed by atoms with van der Waals surface area (Å²) in [6.45, 7) is 3.74. The van der Waals surface area contributed by atoms with Gasteiger partial charge >= 0.3 is 12.0 Å². The number of carbonyl (C=O) groups is 4. The molecule has 0 bridgehead atoms. The maximum absolute atomic E-state index is 13.1. The van der Waals surface area contributed by atoms with Gasteiger partial charge in [-0.15, -0.1) is 0 Å². The number of pyridine rings is 1. The number of hydrogen-bond acceptors (Lipinski definition) is 6. The Balaban J connectivity index is 1.72. The molecule has 0 spiro atoms. The molecule has 9 heteroatoms. The molecule has 3 heterocycles. The predicted molar refractivity (Wildman–Crippen MR) is 120 cm³/mol. The molecule has 2 aromatic heterocycles. The molecule has 0 atom stereocenters. The highest BCUT2D eigenvalue weighted by atomic mass is 16.5. The minimum Gasteiger partial charge on any atom is -0.465 e. The van der Waals surface area contributed by atoms with Crippen molar-refractivity contribution in [2.24, 2.45) is 0 Å². The van der Waals surface area contributed by atoms with Gasteiger partial charge in [0.05, 0.1) is 18.4 Å². The number of anilines is 1. The first-order valence-electron chi connectivity index (χ1n) is 10.0. The van der Waals surface area contributed by atoms with E-state index >= 15 is 0 Å². The summed E-state index contributed by atoms with van der Waals surface area (Å²) >= 11 is 0. The first-order chi connectivity index (χ1) is 15.8. The Kier molecular flexibility index (Phi) is 5.61. The Hall–Kier alpha value is -4.53. The zero-order valence-corrected chi connectivity index (χ0v) is 18.2. The molecule has 9 nitrogen and oxygen atoms in total. The number of hydrogen-bond donors (Lipinski definition) is 1. The number of esters is 1. The van der Waals surface area contributed by atoms with E-state index < -0.39 is 23.8 Å². The number of amides is 4. The van der Waals surface area contributed by atoms with Crippen LogP contribution in [0.1, 0.15) is 27.3 Å². The number of nitrogens with one attached hydrogen (secondary N) is 1. The number of imide groups is 2. The number of nitrogens with zero attached hydrogens (tertiary/aromatic N) is 3. The van der Waals surface area contributed by atoms with Crippen molar-refractivity contribution in [2.75, 3.05) is 12.0 Å². The molecular weight excluding hydrogens is 424 g/mol. The van der Waals surface area contributed by atoms with Crippen molar-refractivity contribution in [2.45, 2.75) is 13.8 Å². The van der Waals surface area contributed by atoms with Crippen molar-refractivity contribution >= 4 is 35.6 Å². The Morgan fingerprint density at radius 1 is 1.00 bits per heavy atom. The number of methoxy groups -OCH3 is 1. The second kappa shape index (κ2) is 8.54. The highest BCUT2D eigenvalue weighted by Crippen LogP contribution is 2.26. The zero-order valence-electron chi connectivity index (χ0n) is 18.2. The summed E-state index contributed by atoms with van der Waals surface area (Å²) in [5.74, 6) is -1.91. The van der Waals surface area contributed by atoms with Gasteiger partial charge < -0.3 is 9.30 Å².